The van der Waals surface area contributed by atoms with Crippen molar-refractivity contribution in [3.05, 3.63) is 35.7 Å². The van der Waals surface area contributed by atoms with Gasteiger partial charge in [-0.2, -0.15) is 11.8 Å². The summed E-state index contributed by atoms with van der Waals surface area (Å²) in [7, 11) is 0. The summed E-state index contributed by atoms with van der Waals surface area (Å²) >= 11 is 1.92. The number of thioether (sulfide) groups is 1. The molecule has 2 atom stereocenters. The minimum atomic E-state index is -1.04. The van der Waals surface area contributed by atoms with Gasteiger partial charge in [-0.3, -0.25) is 0 Å². The Balaban J connectivity index is 2.19. The highest BCUT2D eigenvalue weighted by Gasteiger charge is 2.24. The summed E-state index contributed by atoms with van der Waals surface area (Å²) in [6.07, 6.45) is 2.41. The lowest BCUT2D eigenvalue weighted by Gasteiger charge is -2.36. The van der Waals surface area contributed by atoms with Crippen LogP contribution in [0.25, 0.3) is 6.08 Å². The lowest BCUT2D eigenvalue weighted by Crippen LogP contribution is -2.40. The second-order valence-corrected chi connectivity index (χ2v) is 6.93. The van der Waals surface area contributed by atoms with Gasteiger partial charge in [-0.05, 0) is 23.8 Å². The highest BCUT2D eigenvalue weighted by atomic mass is 32.2. The summed E-state index contributed by atoms with van der Waals surface area (Å²) in [4.78, 5) is 12.5. The van der Waals surface area contributed by atoms with Crippen molar-refractivity contribution in [2.24, 2.45) is 0 Å². The van der Waals surface area contributed by atoms with E-state index >= 15 is 0 Å². The molecule has 0 spiro atoms. The van der Waals surface area contributed by atoms with Crippen molar-refractivity contribution in [3.8, 4) is 0 Å². The average Bonchev–Trinajstić information content (AvgIpc) is 2.35. The number of hydrogen-bond donors (Lipinski definition) is 1. The first-order chi connectivity index (χ1) is 9.45. The molecule has 1 aromatic rings. The molecule has 0 bridgehead atoms. The Bertz CT molecular complexity index is 523. The number of carboxylic acid groups (broad SMARTS) is 1. The number of hydrogen-bond acceptors (Lipinski definition) is 3. The Hall–Kier alpha value is -1.49. The molecule has 20 heavy (non-hydrogen) atoms. The third-order valence-electron chi connectivity index (χ3n) is 3.15. The van der Waals surface area contributed by atoms with Crippen LogP contribution < -0.4 is 4.90 Å². The monoisotopic (exact) mass is 295 g/mol. The molecule has 3 nitrogen and oxygen atoms in total. The fourth-order valence-electron chi connectivity index (χ4n) is 2.43. The van der Waals surface area contributed by atoms with Gasteiger partial charge < -0.3 is 10.0 Å². The fraction of sp³-hybridized carbons (Fsp3) is 0.400. The highest BCUT2D eigenvalue weighted by molar-refractivity contribution is 8.00. The summed E-state index contributed by atoms with van der Waals surface area (Å²) in [5, 5.41) is 9.52. The van der Waals surface area contributed by atoms with E-state index in [0.717, 1.165) is 19.2 Å². The summed E-state index contributed by atoms with van der Waals surface area (Å²) < 4.78 is 14.2. The lowest BCUT2D eigenvalue weighted by atomic mass is 10.1. The smallest absolute Gasteiger partial charge is 0.328 e. The lowest BCUT2D eigenvalue weighted by molar-refractivity contribution is -0.131. The normalized spacial score (nSPS) is 23.2. The van der Waals surface area contributed by atoms with E-state index in [1.54, 1.807) is 12.1 Å². The molecule has 2 unspecified atom stereocenters. The maximum atomic E-state index is 14.2. The number of anilines is 1. The van der Waals surface area contributed by atoms with Crippen molar-refractivity contribution < 1.29 is 14.3 Å². The van der Waals surface area contributed by atoms with Crippen molar-refractivity contribution in [1.82, 2.24) is 0 Å². The molecule has 1 aliphatic rings. The van der Waals surface area contributed by atoms with Gasteiger partial charge in [0.2, 0.25) is 0 Å². The second kappa shape index (κ2) is 6.31. The zero-order chi connectivity index (χ0) is 14.7. The largest absolute Gasteiger partial charge is 0.478 e. The van der Waals surface area contributed by atoms with Crippen LogP contribution in [0.3, 0.4) is 0 Å². The Morgan fingerprint density at radius 2 is 2.05 bits per heavy atom. The minimum absolute atomic E-state index is 0.302. The number of benzene rings is 1. The van der Waals surface area contributed by atoms with E-state index < -0.39 is 5.97 Å². The van der Waals surface area contributed by atoms with Crippen molar-refractivity contribution in [2.75, 3.05) is 18.0 Å². The quantitative estimate of drug-likeness (QED) is 0.869. The number of carboxylic acids is 1. The van der Waals surface area contributed by atoms with Crippen LogP contribution in [0.5, 0.6) is 0 Å². The van der Waals surface area contributed by atoms with E-state index in [-0.39, 0.29) is 5.82 Å². The molecule has 0 radical (unpaired) electrons. The SMILES string of the molecule is CC1CN(c2ccc(C=CC(=O)O)cc2F)CC(C)S1. The Morgan fingerprint density at radius 3 is 2.60 bits per heavy atom. The number of rotatable bonds is 3. The minimum Gasteiger partial charge on any atom is -0.478 e. The van der Waals surface area contributed by atoms with Crippen LogP contribution in [-0.4, -0.2) is 34.7 Å². The molecule has 1 fully saturated rings. The third-order valence-corrected chi connectivity index (χ3v) is 4.38. The number of halogens is 1. The van der Waals surface area contributed by atoms with Gasteiger partial charge in [-0.25, -0.2) is 9.18 Å². The summed E-state index contributed by atoms with van der Waals surface area (Å²) in [6, 6.07) is 4.85. The van der Waals surface area contributed by atoms with Gasteiger partial charge in [-0.15, -0.1) is 0 Å². The fourth-order valence-corrected chi connectivity index (χ4v) is 3.75. The summed E-state index contributed by atoms with van der Waals surface area (Å²) in [6.45, 7) is 5.96. The van der Waals surface area contributed by atoms with Gasteiger partial charge in [0.25, 0.3) is 0 Å². The zero-order valence-corrected chi connectivity index (χ0v) is 12.4. The molecule has 1 saturated heterocycles. The van der Waals surface area contributed by atoms with Crippen molar-refractivity contribution in [2.45, 2.75) is 24.3 Å². The Morgan fingerprint density at radius 1 is 1.40 bits per heavy atom. The molecular formula is C15H18FNO2S. The molecule has 2 rings (SSSR count). The summed E-state index contributed by atoms with van der Waals surface area (Å²) in [5.74, 6) is -1.34. The Kier molecular flexibility index (Phi) is 4.70. The molecule has 0 aromatic heterocycles. The van der Waals surface area contributed by atoms with Crippen LogP contribution in [0.2, 0.25) is 0 Å². The maximum absolute atomic E-state index is 14.2. The molecule has 0 saturated carbocycles. The first kappa shape index (κ1) is 14.9. The number of carbonyl (C=O) groups is 1. The van der Waals surface area contributed by atoms with E-state index in [0.29, 0.717) is 21.8 Å². The molecule has 1 aliphatic heterocycles. The number of aliphatic carboxylic acids is 1. The van der Waals surface area contributed by atoms with Gasteiger partial charge in [0.1, 0.15) is 5.82 Å². The van der Waals surface area contributed by atoms with Crippen LogP contribution in [0, 0.1) is 5.82 Å². The van der Waals surface area contributed by atoms with E-state index in [4.69, 9.17) is 5.11 Å². The Labute approximate surface area is 122 Å². The molecule has 1 heterocycles. The van der Waals surface area contributed by atoms with Crippen molar-refractivity contribution in [3.63, 3.8) is 0 Å². The first-order valence-electron chi connectivity index (χ1n) is 6.56. The van der Waals surface area contributed by atoms with E-state index in [1.807, 2.05) is 11.8 Å². The maximum Gasteiger partial charge on any atom is 0.328 e. The van der Waals surface area contributed by atoms with Crippen LogP contribution in [0.1, 0.15) is 19.4 Å². The van der Waals surface area contributed by atoms with Gasteiger partial charge in [-0.1, -0.05) is 19.9 Å². The molecule has 0 aliphatic carbocycles. The van der Waals surface area contributed by atoms with Crippen molar-refractivity contribution in [1.29, 1.82) is 0 Å². The average molecular weight is 295 g/mol. The topological polar surface area (TPSA) is 40.5 Å². The third kappa shape index (κ3) is 3.76. The van der Waals surface area contributed by atoms with E-state index in [2.05, 4.69) is 18.7 Å². The van der Waals surface area contributed by atoms with Gasteiger partial charge in [0, 0.05) is 29.7 Å². The van der Waals surface area contributed by atoms with Crippen LogP contribution >= 0.6 is 11.8 Å². The first-order valence-corrected chi connectivity index (χ1v) is 7.51. The van der Waals surface area contributed by atoms with Crippen LogP contribution in [-0.2, 0) is 4.79 Å². The molecular weight excluding hydrogens is 277 g/mol. The predicted molar refractivity (Wildman–Crippen MR) is 81.8 cm³/mol. The van der Waals surface area contributed by atoms with E-state index in [9.17, 15) is 9.18 Å². The van der Waals surface area contributed by atoms with Crippen LogP contribution in [0.4, 0.5) is 10.1 Å². The van der Waals surface area contributed by atoms with Gasteiger partial charge in [0.05, 0.1) is 5.69 Å². The highest BCUT2D eigenvalue weighted by Crippen LogP contribution is 2.30. The molecule has 1 aromatic carbocycles. The standard InChI is InChI=1S/C15H18FNO2S/c1-10-8-17(9-11(2)20-10)14-5-3-12(7-13(14)16)4-6-15(18)19/h3-7,10-11H,8-9H2,1-2H3,(H,18,19). The molecule has 1 N–H and O–H groups in total. The van der Waals surface area contributed by atoms with Gasteiger partial charge in [0.15, 0.2) is 0 Å². The molecule has 108 valence electrons. The van der Waals surface area contributed by atoms with Gasteiger partial charge >= 0.3 is 5.97 Å². The second-order valence-electron chi connectivity index (χ2n) is 5.04. The molecule has 5 heteroatoms. The zero-order valence-electron chi connectivity index (χ0n) is 11.5. The van der Waals surface area contributed by atoms with Crippen molar-refractivity contribution >= 4 is 29.5 Å². The summed E-state index contributed by atoms with van der Waals surface area (Å²) in [5.41, 5.74) is 1.15. The molecule has 0 amide bonds. The van der Waals surface area contributed by atoms with Crippen LogP contribution in [0.15, 0.2) is 24.3 Å². The number of nitrogens with zero attached hydrogens (tertiary/aromatic N) is 1. The predicted octanol–water partition coefficient (Wildman–Crippen LogP) is 3.25. The van der Waals surface area contributed by atoms with E-state index in [1.165, 1.54) is 12.1 Å².